The smallest absolute Gasteiger partial charge is 0.271 e. The second kappa shape index (κ2) is 8.56. The third-order valence-corrected chi connectivity index (χ3v) is 4.41. The minimum Gasteiger partial charge on any atom is -0.495 e. The molecule has 0 aliphatic rings. The largest absolute Gasteiger partial charge is 0.495 e. The number of amides is 1. The summed E-state index contributed by atoms with van der Waals surface area (Å²) in [5, 5.41) is 2.86. The van der Waals surface area contributed by atoms with Crippen LogP contribution in [-0.4, -0.2) is 44.0 Å². The Hall–Kier alpha value is -4.01. The molecule has 9 nitrogen and oxygen atoms in total. The number of carbonyl (C=O) groups is 1. The molecule has 4 heterocycles. The molecule has 0 saturated carbocycles. The summed E-state index contributed by atoms with van der Waals surface area (Å²) in [6.07, 6.45) is 8.19. The van der Waals surface area contributed by atoms with Crippen molar-refractivity contribution in [3.05, 3.63) is 66.6 Å². The lowest BCUT2D eigenvalue weighted by Gasteiger charge is -2.07. The Morgan fingerprint density at radius 1 is 1.10 bits per heavy atom. The van der Waals surface area contributed by atoms with Gasteiger partial charge in [0.1, 0.15) is 17.1 Å². The maximum atomic E-state index is 12.6. The average molecular weight is 404 g/mol. The zero-order valence-electron chi connectivity index (χ0n) is 16.6. The number of imidazole rings is 1. The van der Waals surface area contributed by atoms with Gasteiger partial charge in [0.25, 0.3) is 5.91 Å². The number of fused-ring (bicyclic) bond motifs is 1. The lowest BCUT2D eigenvalue weighted by atomic mass is 10.2. The van der Waals surface area contributed by atoms with Crippen molar-refractivity contribution in [1.82, 2.24) is 29.7 Å². The SMILES string of the molecule is CCOc1ccc(-c2cncc(C(=O)NCc3cnc4ccc(OC)cn34)n2)cn1. The molecule has 1 N–H and O–H groups in total. The summed E-state index contributed by atoms with van der Waals surface area (Å²) in [4.78, 5) is 29.7. The number of pyridine rings is 2. The summed E-state index contributed by atoms with van der Waals surface area (Å²) in [5.41, 5.74) is 3.10. The van der Waals surface area contributed by atoms with Crippen LogP contribution in [0.1, 0.15) is 23.1 Å². The van der Waals surface area contributed by atoms with Gasteiger partial charge in [-0.2, -0.15) is 0 Å². The van der Waals surface area contributed by atoms with Crippen LogP contribution in [0.4, 0.5) is 0 Å². The van der Waals surface area contributed by atoms with Gasteiger partial charge in [0.05, 0.1) is 56.4 Å². The van der Waals surface area contributed by atoms with Gasteiger partial charge < -0.3 is 14.8 Å². The first-order chi connectivity index (χ1) is 14.7. The van der Waals surface area contributed by atoms with Crippen molar-refractivity contribution in [2.24, 2.45) is 0 Å². The number of ether oxygens (including phenoxy) is 2. The number of hydrogen-bond acceptors (Lipinski definition) is 7. The highest BCUT2D eigenvalue weighted by Gasteiger charge is 2.12. The van der Waals surface area contributed by atoms with Gasteiger partial charge in [-0.1, -0.05) is 0 Å². The van der Waals surface area contributed by atoms with Crippen molar-refractivity contribution in [3.8, 4) is 22.9 Å². The Kier molecular flexibility index (Phi) is 5.51. The van der Waals surface area contributed by atoms with Crippen molar-refractivity contribution in [1.29, 1.82) is 0 Å². The van der Waals surface area contributed by atoms with Crippen molar-refractivity contribution in [2.75, 3.05) is 13.7 Å². The first kappa shape index (κ1) is 19.3. The molecular weight excluding hydrogens is 384 g/mol. The van der Waals surface area contributed by atoms with E-state index < -0.39 is 0 Å². The van der Waals surface area contributed by atoms with Crippen LogP contribution in [0.3, 0.4) is 0 Å². The van der Waals surface area contributed by atoms with E-state index in [-0.39, 0.29) is 18.1 Å². The van der Waals surface area contributed by atoms with E-state index in [0.29, 0.717) is 23.9 Å². The highest BCUT2D eigenvalue weighted by molar-refractivity contribution is 5.92. The molecule has 0 unspecified atom stereocenters. The van der Waals surface area contributed by atoms with Crippen molar-refractivity contribution in [3.63, 3.8) is 0 Å². The summed E-state index contributed by atoms with van der Waals surface area (Å²) in [5.74, 6) is 0.907. The molecule has 30 heavy (non-hydrogen) atoms. The molecule has 4 aromatic heterocycles. The van der Waals surface area contributed by atoms with E-state index in [1.165, 1.54) is 6.20 Å². The van der Waals surface area contributed by atoms with E-state index in [2.05, 4.69) is 25.3 Å². The quantitative estimate of drug-likeness (QED) is 0.505. The second-order valence-corrected chi connectivity index (χ2v) is 6.34. The molecule has 0 aliphatic carbocycles. The Bertz CT molecular complexity index is 1170. The van der Waals surface area contributed by atoms with Gasteiger partial charge in [0.15, 0.2) is 0 Å². The van der Waals surface area contributed by atoms with Crippen LogP contribution in [0.25, 0.3) is 16.9 Å². The Morgan fingerprint density at radius 2 is 2.00 bits per heavy atom. The van der Waals surface area contributed by atoms with Gasteiger partial charge >= 0.3 is 0 Å². The van der Waals surface area contributed by atoms with Crippen LogP contribution in [0.5, 0.6) is 11.6 Å². The highest BCUT2D eigenvalue weighted by Crippen LogP contribution is 2.18. The third kappa shape index (κ3) is 4.04. The number of rotatable bonds is 7. The Morgan fingerprint density at radius 3 is 2.77 bits per heavy atom. The van der Waals surface area contributed by atoms with Crippen LogP contribution < -0.4 is 14.8 Å². The third-order valence-electron chi connectivity index (χ3n) is 4.41. The lowest BCUT2D eigenvalue weighted by molar-refractivity contribution is 0.0945. The maximum absolute atomic E-state index is 12.6. The first-order valence-corrected chi connectivity index (χ1v) is 9.37. The van der Waals surface area contributed by atoms with E-state index >= 15 is 0 Å². The summed E-state index contributed by atoms with van der Waals surface area (Å²) in [6, 6.07) is 7.27. The average Bonchev–Trinajstić information content (AvgIpc) is 3.20. The van der Waals surface area contributed by atoms with Gasteiger partial charge in [-0.15, -0.1) is 0 Å². The van der Waals surface area contributed by atoms with Crippen molar-refractivity contribution in [2.45, 2.75) is 13.5 Å². The number of nitrogens with one attached hydrogen (secondary N) is 1. The highest BCUT2D eigenvalue weighted by atomic mass is 16.5. The fraction of sp³-hybridized carbons (Fsp3) is 0.190. The Balaban J connectivity index is 1.48. The van der Waals surface area contributed by atoms with E-state index in [4.69, 9.17) is 9.47 Å². The Labute approximate surface area is 172 Å². The molecule has 0 fully saturated rings. The van der Waals surface area contributed by atoms with Crippen LogP contribution in [0.2, 0.25) is 0 Å². The predicted octanol–water partition coefficient (Wildman–Crippen LogP) is 2.52. The molecule has 0 radical (unpaired) electrons. The topological polar surface area (TPSA) is 104 Å². The van der Waals surface area contributed by atoms with E-state index in [1.54, 1.807) is 31.8 Å². The summed E-state index contributed by atoms with van der Waals surface area (Å²) >= 11 is 0. The molecule has 0 saturated heterocycles. The predicted molar refractivity (Wildman–Crippen MR) is 109 cm³/mol. The molecule has 152 valence electrons. The molecule has 4 rings (SSSR count). The summed E-state index contributed by atoms with van der Waals surface area (Å²) < 4.78 is 12.5. The standard InChI is InChI=1S/C21H20N6O3/c1-3-30-20-7-4-14(8-24-20)17-11-22-12-18(26-17)21(28)25-10-15-9-23-19-6-5-16(29-2)13-27(15)19/h4-9,11-13H,3,10H2,1-2H3,(H,25,28). The normalized spacial score (nSPS) is 10.7. The van der Waals surface area contributed by atoms with Gasteiger partial charge in [0, 0.05) is 17.8 Å². The van der Waals surface area contributed by atoms with Crippen LogP contribution in [0.15, 0.2) is 55.2 Å². The number of methoxy groups -OCH3 is 1. The van der Waals surface area contributed by atoms with Crippen molar-refractivity contribution >= 4 is 11.6 Å². The molecule has 0 bridgehead atoms. The van der Waals surface area contributed by atoms with E-state index in [9.17, 15) is 4.79 Å². The molecule has 9 heteroatoms. The number of hydrogen-bond donors (Lipinski definition) is 1. The van der Waals surface area contributed by atoms with Gasteiger partial charge in [-0.3, -0.25) is 14.2 Å². The fourth-order valence-electron chi connectivity index (χ4n) is 2.90. The summed E-state index contributed by atoms with van der Waals surface area (Å²) in [6.45, 7) is 2.72. The monoisotopic (exact) mass is 404 g/mol. The zero-order chi connectivity index (χ0) is 20.9. The van der Waals surface area contributed by atoms with E-state index in [0.717, 1.165) is 16.9 Å². The molecule has 1 amide bonds. The van der Waals surface area contributed by atoms with Crippen LogP contribution in [0, 0.1) is 0 Å². The fourth-order valence-corrected chi connectivity index (χ4v) is 2.90. The molecule has 0 aliphatic heterocycles. The van der Waals surface area contributed by atoms with Crippen molar-refractivity contribution < 1.29 is 14.3 Å². The molecule has 0 spiro atoms. The number of carbonyl (C=O) groups excluding carboxylic acids is 1. The molecule has 4 aromatic rings. The molecular formula is C21H20N6O3. The van der Waals surface area contributed by atoms with Gasteiger partial charge in [-0.25, -0.2) is 15.0 Å². The van der Waals surface area contributed by atoms with Crippen LogP contribution in [-0.2, 0) is 6.54 Å². The van der Waals surface area contributed by atoms with Gasteiger partial charge in [-0.05, 0) is 25.1 Å². The lowest BCUT2D eigenvalue weighted by Crippen LogP contribution is -2.24. The van der Waals surface area contributed by atoms with E-state index in [1.807, 2.05) is 35.7 Å². The number of aromatic nitrogens is 5. The minimum absolute atomic E-state index is 0.216. The molecule has 0 aromatic carbocycles. The second-order valence-electron chi connectivity index (χ2n) is 6.34. The maximum Gasteiger partial charge on any atom is 0.271 e. The zero-order valence-corrected chi connectivity index (χ0v) is 16.6. The molecule has 0 atom stereocenters. The van der Waals surface area contributed by atoms with Gasteiger partial charge in [0.2, 0.25) is 5.88 Å². The summed E-state index contributed by atoms with van der Waals surface area (Å²) in [7, 11) is 1.60. The number of nitrogens with zero attached hydrogens (tertiary/aromatic N) is 5. The first-order valence-electron chi connectivity index (χ1n) is 9.37. The minimum atomic E-state index is -0.332. The van der Waals surface area contributed by atoms with Crippen LogP contribution >= 0.6 is 0 Å².